The highest BCUT2D eigenvalue weighted by Gasteiger charge is 2.29. The van der Waals surface area contributed by atoms with E-state index in [1.54, 1.807) is 19.2 Å². The van der Waals surface area contributed by atoms with Crippen molar-refractivity contribution >= 4 is 39.3 Å². The molecule has 0 N–H and O–H groups in total. The van der Waals surface area contributed by atoms with Gasteiger partial charge in [-0.05, 0) is 43.5 Å². The number of anilines is 1. The van der Waals surface area contributed by atoms with Crippen LogP contribution in [0.15, 0.2) is 39.5 Å². The van der Waals surface area contributed by atoms with Crippen LogP contribution in [0.5, 0.6) is 5.75 Å². The topological polar surface area (TPSA) is 84.3 Å². The van der Waals surface area contributed by atoms with Gasteiger partial charge in [0, 0.05) is 37.5 Å². The number of halogens is 1. The lowest BCUT2D eigenvalue weighted by Crippen LogP contribution is -2.35. The predicted octanol–water partition coefficient (Wildman–Crippen LogP) is 4.91. The number of pyridine rings is 1. The third-order valence-corrected chi connectivity index (χ3v) is 6.77. The van der Waals surface area contributed by atoms with E-state index in [0.29, 0.717) is 35.1 Å². The van der Waals surface area contributed by atoms with E-state index in [9.17, 15) is 10.1 Å². The van der Waals surface area contributed by atoms with Gasteiger partial charge in [0.15, 0.2) is 11.5 Å². The molecule has 0 amide bonds. The lowest BCUT2D eigenvalue weighted by Gasteiger charge is -2.33. The maximum Gasteiger partial charge on any atom is 0.270 e. The molecule has 1 fully saturated rings. The first-order valence-corrected chi connectivity index (χ1v) is 11.2. The molecule has 8 heteroatoms. The van der Waals surface area contributed by atoms with E-state index in [-0.39, 0.29) is 17.0 Å². The third kappa shape index (κ3) is 3.51. The van der Waals surface area contributed by atoms with Crippen molar-refractivity contribution in [2.45, 2.75) is 25.7 Å². The molecule has 1 aliphatic rings. The standard InChI is InChI=1S/C25H23ClN4O3/c1-14-4-5-21-19(10-14)28-24(33-21)15-6-8-30(9-7-15)23-16-11-18(26)22(32-3)12-20(16)29(2)25(31)17(23)13-27/h4-5,10-12,15H,6-9H2,1-3H3. The van der Waals surface area contributed by atoms with E-state index in [2.05, 4.69) is 11.0 Å². The van der Waals surface area contributed by atoms with Crippen LogP contribution >= 0.6 is 11.6 Å². The Morgan fingerprint density at radius 1 is 1.24 bits per heavy atom. The van der Waals surface area contributed by atoms with Crippen LogP contribution in [0.4, 0.5) is 5.69 Å². The Hall–Kier alpha value is -3.50. The van der Waals surface area contributed by atoms with Crippen molar-refractivity contribution in [2.75, 3.05) is 25.1 Å². The smallest absolute Gasteiger partial charge is 0.270 e. The molecule has 0 spiro atoms. The zero-order valence-corrected chi connectivity index (χ0v) is 19.4. The Morgan fingerprint density at radius 3 is 2.70 bits per heavy atom. The zero-order chi connectivity index (χ0) is 23.3. The fourth-order valence-corrected chi connectivity index (χ4v) is 4.93. The average molecular weight is 463 g/mol. The molecule has 2 aromatic heterocycles. The molecule has 1 aliphatic heterocycles. The molecule has 3 heterocycles. The molecule has 0 saturated carbocycles. The van der Waals surface area contributed by atoms with Crippen LogP contribution in [0.1, 0.15) is 35.8 Å². The number of aryl methyl sites for hydroxylation is 2. The second-order valence-electron chi connectivity index (χ2n) is 8.49. The van der Waals surface area contributed by atoms with E-state index in [1.165, 1.54) is 11.7 Å². The quantitative estimate of drug-likeness (QED) is 0.430. The second kappa shape index (κ2) is 8.13. The Kier molecular flexibility index (Phi) is 5.26. The number of rotatable bonds is 3. The van der Waals surface area contributed by atoms with Crippen molar-refractivity contribution in [1.82, 2.24) is 9.55 Å². The number of piperidine rings is 1. The molecule has 0 radical (unpaired) electrons. The maximum atomic E-state index is 13.0. The van der Waals surface area contributed by atoms with E-state index < -0.39 is 0 Å². The summed E-state index contributed by atoms with van der Waals surface area (Å²) in [4.78, 5) is 19.8. The highest BCUT2D eigenvalue weighted by atomic mass is 35.5. The average Bonchev–Trinajstić information content (AvgIpc) is 3.24. The lowest BCUT2D eigenvalue weighted by atomic mass is 9.95. The normalized spacial score (nSPS) is 14.7. The number of nitriles is 1. The minimum Gasteiger partial charge on any atom is -0.495 e. The Labute approximate surface area is 195 Å². The summed E-state index contributed by atoms with van der Waals surface area (Å²) in [6, 6.07) is 11.7. The Bertz CT molecular complexity index is 1490. The maximum absolute atomic E-state index is 13.0. The van der Waals surface area contributed by atoms with Crippen molar-refractivity contribution in [3.63, 3.8) is 0 Å². The number of aromatic nitrogens is 2. The van der Waals surface area contributed by atoms with E-state index in [4.69, 9.17) is 25.7 Å². The van der Waals surface area contributed by atoms with Gasteiger partial charge in [-0.2, -0.15) is 5.26 Å². The summed E-state index contributed by atoms with van der Waals surface area (Å²) in [7, 11) is 3.19. The molecule has 4 aromatic rings. The van der Waals surface area contributed by atoms with Gasteiger partial charge in [-0.25, -0.2) is 4.98 Å². The van der Waals surface area contributed by atoms with Crippen molar-refractivity contribution in [1.29, 1.82) is 5.26 Å². The molecular weight excluding hydrogens is 440 g/mol. The van der Waals surface area contributed by atoms with Crippen molar-refractivity contribution in [2.24, 2.45) is 7.05 Å². The first-order chi connectivity index (χ1) is 15.9. The summed E-state index contributed by atoms with van der Waals surface area (Å²) < 4.78 is 12.8. The van der Waals surface area contributed by atoms with Crippen LogP contribution in [-0.2, 0) is 7.05 Å². The Morgan fingerprint density at radius 2 is 2.00 bits per heavy atom. The lowest BCUT2D eigenvalue weighted by molar-refractivity contribution is 0.407. The highest BCUT2D eigenvalue weighted by molar-refractivity contribution is 6.33. The predicted molar refractivity (Wildman–Crippen MR) is 128 cm³/mol. The van der Waals surface area contributed by atoms with Crippen LogP contribution in [0, 0.1) is 18.3 Å². The van der Waals surface area contributed by atoms with Gasteiger partial charge in [-0.15, -0.1) is 0 Å². The molecule has 0 bridgehead atoms. The molecular formula is C25H23ClN4O3. The molecule has 168 valence electrons. The van der Waals surface area contributed by atoms with Crippen LogP contribution < -0.4 is 15.2 Å². The molecule has 5 rings (SSSR count). The molecule has 0 atom stereocenters. The van der Waals surface area contributed by atoms with Gasteiger partial charge < -0.3 is 18.6 Å². The van der Waals surface area contributed by atoms with Crippen LogP contribution in [0.25, 0.3) is 22.0 Å². The summed E-state index contributed by atoms with van der Waals surface area (Å²) in [5.41, 5.74) is 3.92. The molecule has 1 saturated heterocycles. The van der Waals surface area contributed by atoms with Crippen molar-refractivity contribution < 1.29 is 9.15 Å². The molecule has 2 aromatic carbocycles. The number of benzene rings is 2. The minimum absolute atomic E-state index is 0.127. The number of fused-ring (bicyclic) bond motifs is 2. The SMILES string of the molecule is COc1cc2c(cc1Cl)c(N1CCC(c3nc4cc(C)ccc4o3)CC1)c(C#N)c(=O)n2C. The van der Waals surface area contributed by atoms with Crippen LogP contribution in [-0.4, -0.2) is 29.8 Å². The van der Waals surface area contributed by atoms with Gasteiger partial charge in [0.1, 0.15) is 22.9 Å². The number of nitrogens with zero attached hydrogens (tertiary/aromatic N) is 4. The largest absolute Gasteiger partial charge is 0.495 e. The van der Waals surface area contributed by atoms with E-state index >= 15 is 0 Å². The monoisotopic (exact) mass is 462 g/mol. The van der Waals surface area contributed by atoms with E-state index in [0.717, 1.165) is 40.8 Å². The van der Waals surface area contributed by atoms with Gasteiger partial charge in [0.25, 0.3) is 5.56 Å². The molecule has 0 unspecified atom stereocenters. The summed E-state index contributed by atoms with van der Waals surface area (Å²) >= 11 is 6.42. The van der Waals surface area contributed by atoms with Crippen LogP contribution in [0.3, 0.4) is 0 Å². The van der Waals surface area contributed by atoms with E-state index in [1.807, 2.05) is 25.1 Å². The number of oxazole rings is 1. The second-order valence-corrected chi connectivity index (χ2v) is 8.90. The fourth-order valence-electron chi connectivity index (χ4n) is 4.69. The first kappa shape index (κ1) is 21.4. The fraction of sp³-hybridized carbons (Fsp3) is 0.320. The number of hydrogen-bond acceptors (Lipinski definition) is 6. The minimum atomic E-state index is -0.333. The summed E-state index contributed by atoms with van der Waals surface area (Å²) in [5.74, 6) is 1.41. The summed E-state index contributed by atoms with van der Waals surface area (Å²) in [6.07, 6.45) is 1.61. The Balaban J connectivity index is 1.52. The number of hydrogen-bond donors (Lipinski definition) is 0. The number of methoxy groups -OCH3 is 1. The van der Waals surface area contributed by atoms with Gasteiger partial charge in [-0.1, -0.05) is 17.7 Å². The third-order valence-electron chi connectivity index (χ3n) is 6.47. The zero-order valence-electron chi connectivity index (χ0n) is 18.7. The summed E-state index contributed by atoms with van der Waals surface area (Å²) in [5, 5.41) is 11.0. The molecule has 0 aliphatic carbocycles. The van der Waals surface area contributed by atoms with Gasteiger partial charge in [0.05, 0.1) is 23.3 Å². The van der Waals surface area contributed by atoms with Crippen LogP contribution in [0.2, 0.25) is 5.02 Å². The summed E-state index contributed by atoms with van der Waals surface area (Å²) in [6.45, 7) is 3.38. The highest BCUT2D eigenvalue weighted by Crippen LogP contribution is 2.38. The van der Waals surface area contributed by atoms with Gasteiger partial charge in [-0.3, -0.25) is 4.79 Å². The van der Waals surface area contributed by atoms with Crippen molar-refractivity contribution in [3.05, 3.63) is 62.7 Å². The molecule has 7 nitrogen and oxygen atoms in total. The molecule has 33 heavy (non-hydrogen) atoms. The van der Waals surface area contributed by atoms with Gasteiger partial charge >= 0.3 is 0 Å². The first-order valence-electron chi connectivity index (χ1n) is 10.8. The number of ether oxygens (including phenoxy) is 1. The van der Waals surface area contributed by atoms with Crippen molar-refractivity contribution in [3.8, 4) is 11.8 Å². The van der Waals surface area contributed by atoms with Gasteiger partial charge in [0.2, 0.25) is 0 Å².